The molecule has 0 fully saturated rings. The zero-order valence-corrected chi connectivity index (χ0v) is 9.16. The second kappa shape index (κ2) is 4.73. The van der Waals surface area contributed by atoms with Crippen molar-refractivity contribution in [1.29, 1.82) is 0 Å². The average Bonchev–Trinajstić information content (AvgIpc) is 2.80. The van der Waals surface area contributed by atoms with Gasteiger partial charge in [-0.2, -0.15) is 0 Å². The van der Waals surface area contributed by atoms with E-state index in [0.29, 0.717) is 12.2 Å². The third-order valence-electron chi connectivity index (χ3n) is 2.24. The Bertz CT molecular complexity index is 522. The van der Waals surface area contributed by atoms with Crippen LogP contribution in [0.5, 0.6) is 0 Å². The summed E-state index contributed by atoms with van der Waals surface area (Å²) in [5, 5.41) is 6.46. The molecule has 0 spiro atoms. The SMILES string of the molecule is COC(=O)c1n[nH]c(Cc2ccc(F)cc2)[nH+]1. The second-order valence-corrected chi connectivity index (χ2v) is 3.47. The first-order chi connectivity index (χ1) is 8.19. The van der Waals surface area contributed by atoms with Crippen LogP contribution in [0.25, 0.3) is 0 Å². The standard InChI is InChI=1S/C11H10FN3O2/c1-17-11(16)10-13-9(14-15-10)6-7-2-4-8(12)5-3-7/h2-5H,6H2,1H3,(H,13,14,15)/p+1. The molecule has 5 nitrogen and oxygen atoms in total. The summed E-state index contributed by atoms with van der Waals surface area (Å²) < 4.78 is 17.2. The van der Waals surface area contributed by atoms with Gasteiger partial charge in [-0.25, -0.2) is 14.2 Å². The van der Waals surface area contributed by atoms with E-state index in [1.165, 1.54) is 19.2 Å². The van der Waals surface area contributed by atoms with E-state index in [1.807, 2.05) is 0 Å². The first kappa shape index (κ1) is 11.3. The molecule has 0 aliphatic carbocycles. The van der Waals surface area contributed by atoms with Crippen molar-refractivity contribution in [2.75, 3.05) is 7.11 Å². The number of esters is 1. The number of benzene rings is 1. The summed E-state index contributed by atoms with van der Waals surface area (Å²) in [6.45, 7) is 0. The lowest BCUT2D eigenvalue weighted by Gasteiger charge is -1.94. The van der Waals surface area contributed by atoms with Crippen molar-refractivity contribution < 1.29 is 18.9 Å². The Balaban J connectivity index is 2.11. The van der Waals surface area contributed by atoms with Crippen molar-refractivity contribution >= 4 is 5.97 Å². The molecule has 17 heavy (non-hydrogen) atoms. The first-order valence-electron chi connectivity index (χ1n) is 4.98. The molecule has 2 rings (SSSR count). The van der Waals surface area contributed by atoms with E-state index in [9.17, 15) is 9.18 Å². The molecule has 0 bridgehead atoms. The number of carbonyl (C=O) groups excluding carboxylic acids is 1. The van der Waals surface area contributed by atoms with Crippen LogP contribution in [-0.4, -0.2) is 23.3 Å². The van der Waals surface area contributed by atoms with E-state index in [1.54, 1.807) is 12.1 Å². The van der Waals surface area contributed by atoms with Crippen molar-refractivity contribution in [3.05, 3.63) is 47.3 Å². The summed E-state index contributed by atoms with van der Waals surface area (Å²) in [6, 6.07) is 6.10. The Kier molecular flexibility index (Phi) is 3.13. The molecule has 1 heterocycles. The molecule has 1 aromatic heterocycles. The van der Waals surface area contributed by atoms with Crippen molar-refractivity contribution in [3.8, 4) is 0 Å². The number of aromatic nitrogens is 3. The minimum absolute atomic E-state index is 0.115. The number of aromatic amines is 2. The molecule has 0 amide bonds. The summed E-state index contributed by atoms with van der Waals surface area (Å²) in [4.78, 5) is 13.9. The molecule has 1 aromatic carbocycles. The van der Waals surface area contributed by atoms with Crippen LogP contribution in [0.3, 0.4) is 0 Å². The monoisotopic (exact) mass is 236 g/mol. The number of carbonyl (C=O) groups is 1. The molecule has 0 atom stereocenters. The van der Waals surface area contributed by atoms with E-state index in [-0.39, 0.29) is 11.6 Å². The van der Waals surface area contributed by atoms with Crippen LogP contribution in [0.4, 0.5) is 4.39 Å². The maximum atomic E-state index is 12.7. The third-order valence-corrected chi connectivity index (χ3v) is 2.24. The minimum Gasteiger partial charge on any atom is -0.461 e. The Morgan fingerprint density at radius 2 is 2.18 bits per heavy atom. The quantitative estimate of drug-likeness (QED) is 0.799. The van der Waals surface area contributed by atoms with Crippen molar-refractivity contribution in [3.63, 3.8) is 0 Å². The Hall–Kier alpha value is -2.24. The molecule has 0 aliphatic heterocycles. The molecule has 88 valence electrons. The highest BCUT2D eigenvalue weighted by Crippen LogP contribution is 2.05. The van der Waals surface area contributed by atoms with Gasteiger partial charge in [0.15, 0.2) is 0 Å². The number of ether oxygens (including phenoxy) is 1. The summed E-state index contributed by atoms with van der Waals surface area (Å²) >= 11 is 0. The van der Waals surface area contributed by atoms with Gasteiger partial charge in [-0.3, -0.25) is 0 Å². The van der Waals surface area contributed by atoms with Crippen LogP contribution in [-0.2, 0) is 11.2 Å². The fourth-order valence-corrected chi connectivity index (χ4v) is 1.41. The Labute approximate surface area is 96.6 Å². The fourth-order valence-electron chi connectivity index (χ4n) is 1.41. The third kappa shape index (κ3) is 2.66. The summed E-state index contributed by atoms with van der Waals surface area (Å²) in [7, 11) is 1.28. The molecule has 0 aliphatic rings. The van der Waals surface area contributed by atoms with Gasteiger partial charge in [-0.05, 0) is 17.7 Å². The van der Waals surface area contributed by atoms with Gasteiger partial charge >= 0.3 is 11.8 Å². The number of methoxy groups -OCH3 is 1. The van der Waals surface area contributed by atoms with E-state index >= 15 is 0 Å². The van der Waals surface area contributed by atoms with Gasteiger partial charge < -0.3 is 4.74 Å². The number of nitrogens with one attached hydrogen (secondary N) is 2. The van der Waals surface area contributed by atoms with E-state index in [2.05, 4.69) is 19.9 Å². The van der Waals surface area contributed by atoms with Gasteiger partial charge in [0.2, 0.25) is 5.82 Å². The summed E-state index contributed by atoms with van der Waals surface area (Å²) in [5.41, 5.74) is 0.905. The largest absolute Gasteiger partial charge is 0.461 e. The van der Waals surface area contributed by atoms with Crippen molar-refractivity contribution in [2.24, 2.45) is 0 Å². The van der Waals surface area contributed by atoms with Gasteiger partial charge in [0.1, 0.15) is 5.82 Å². The number of rotatable bonds is 3. The highest BCUT2D eigenvalue weighted by Gasteiger charge is 2.19. The predicted molar refractivity (Wildman–Crippen MR) is 55.7 cm³/mol. The molecule has 2 N–H and O–H groups in total. The lowest BCUT2D eigenvalue weighted by Crippen LogP contribution is -2.18. The highest BCUT2D eigenvalue weighted by atomic mass is 19.1. The fraction of sp³-hybridized carbons (Fsp3) is 0.182. The van der Waals surface area contributed by atoms with Crippen LogP contribution in [0.1, 0.15) is 22.0 Å². The predicted octanol–water partition coefficient (Wildman–Crippen LogP) is 0.740. The van der Waals surface area contributed by atoms with Gasteiger partial charge in [-0.15, -0.1) is 5.10 Å². The number of nitrogens with zero attached hydrogens (tertiary/aromatic N) is 1. The smallest absolute Gasteiger partial charge is 0.411 e. The average molecular weight is 236 g/mol. The maximum absolute atomic E-state index is 12.7. The van der Waals surface area contributed by atoms with Crippen LogP contribution in [0, 0.1) is 5.82 Å². The zero-order chi connectivity index (χ0) is 12.3. The normalized spacial score (nSPS) is 10.2. The van der Waals surface area contributed by atoms with Gasteiger partial charge in [0.25, 0.3) is 0 Å². The van der Waals surface area contributed by atoms with E-state index in [0.717, 1.165) is 5.56 Å². The van der Waals surface area contributed by atoms with Crippen LogP contribution < -0.4 is 4.98 Å². The summed E-state index contributed by atoms with van der Waals surface area (Å²) in [6.07, 6.45) is 0.504. The van der Waals surface area contributed by atoms with Crippen molar-refractivity contribution in [2.45, 2.75) is 6.42 Å². The second-order valence-electron chi connectivity index (χ2n) is 3.47. The maximum Gasteiger partial charge on any atom is 0.411 e. The van der Waals surface area contributed by atoms with Crippen LogP contribution in [0.2, 0.25) is 0 Å². The molecule has 2 aromatic rings. The number of H-pyrrole nitrogens is 2. The van der Waals surface area contributed by atoms with Crippen LogP contribution in [0.15, 0.2) is 24.3 Å². The topological polar surface area (TPSA) is 69.1 Å². The lowest BCUT2D eigenvalue weighted by atomic mass is 10.1. The molecule has 0 unspecified atom stereocenters. The van der Waals surface area contributed by atoms with E-state index in [4.69, 9.17) is 0 Å². The van der Waals surface area contributed by atoms with Gasteiger partial charge in [0, 0.05) is 0 Å². The number of hydrogen-bond acceptors (Lipinski definition) is 3. The molecular weight excluding hydrogens is 225 g/mol. The Morgan fingerprint density at radius 1 is 1.47 bits per heavy atom. The molecule has 0 radical (unpaired) electrons. The highest BCUT2D eigenvalue weighted by molar-refractivity contribution is 5.83. The first-order valence-corrected chi connectivity index (χ1v) is 4.98. The minimum atomic E-state index is -0.536. The molecule has 0 saturated carbocycles. The molecule has 6 heteroatoms. The van der Waals surface area contributed by atoms with Crippen molar-refractivity contribution in [1.82, 2.24) is 10.2 Å². The van der Waals surface area contributed by atoms with E-state index < -0.39 is 5.97 Å². The zero-order valence-electron chi connectivity index (χ0n) is 9.16. The number of halogens is 1. The summed E-state index contributed by atoms with van der Waals surface area (Å²) in [5.74, 6) is -0.0502. The lowest BCUT2D eigenvalue weighted by molar-refractivity contribution is -0.394. The molecular formula is C11H11FN3O2+. The van der Waals surface area contributed by atoms with Gasteiger partial charge in [0.05, 0.1) is 18.6 Å². The van der Waals surface area contributed by atoms with Crippen LogP contribution >= 0.6 is 0 Å². The van der Waals surface area contributed by atoms with Gasteiger partial charge in [-0.1, -0.05) is 12.1 Å². The number of hydrogen-bond donors (Lipinski definition) is 1. The Morgan fingerprint density at radius 3 is 2.82 bits per heavy atom. The molecule has 0 saturated heterocycles.